The summed E-state index contributed by atoms with van der Waals surface area (Å²) in [5, 5.41) is 0.629. The SMILES string of the molecule is Cc1ccc(C(=O)c2ccccc2C)cc1Cl. The molecule has 0 amide bonds. The van der Waals surface area contributed by atoms with Crippen LogP contribution in [-0.4, -0.2) is 5.78 Å². The van der Waals surface area contributed by atoms with E-state index in [9.17, 15) is 4.79 Å². The number of ketones is 1. The number of benzene rings is 2. The molecule has 0 N–H and O–H groups in total. The van der Waals surface area contributed by atoms with Crippen LogP contribution in [0, 0.1) is 13.8 Å². The van der Waals surface area contributed by atoms with Crippen LogP contribution in [0.3, 0.4) is 0 Å². The van der Waals surface area contributed by atoms with Crippen LogP contribution in [0.15, 0.2) is 42.5 Å². The number of rotatable bonds is 2. The Kier molecular flexibility index (Phi) is 3.30. The van der Waals surface area contributed by atoms with Crippen molar-refractivity contribution in [1.82, 2.24) is 0 Å². The molecule has 0 aromatic heterocycles. The summed E-state index contributed by atoms with van der Waals surface area (Å²) in [4.78, 5) is 12.3. The first-order valence-electron chi connectivity index (χ1n) is 5.46. The Morgan fingerprint density at radius 2 is 1.71 bits per heavy atom. The number of hydrogen-bond donors (Lipinski definition) is 0. The highest BCUT2D eigenvalue weighted by Gasteiger charge is 2.11. The van der Waals surface area contributed by atoms with E-state index < -0.39 is 0 Å². The van der Waals surface area contributed by atoms with Crippen LogP contribution < -0.4 is 0 Å². The zero-order chi connectivity index (χ0) is 12.4. The van der Waals surface area contributed by atoms with E-state index >= 15 is 0 Å². The molecule has 0 saturated heterocycles. The van der Waals surface area contributed by atoms with Gasteiger partial charge in [-0.2, -0.15) is 0 Å². The summed E-state index contributed by atoms with van der Waals surface area (Å²) in [6.07, 6.45) is 0. The normalized spacial score (nSPS) is 10.3. The van der Waals surface area contributed by atoms with E-state index in [-0.39, 0.29) is 5.78 Å². The highest BCUT2D eigenvalue weighted by Crippen LogP contribution is 2.20. The van der Waals surface area contributed by atoms with Crippen LogP contribution in [0.5, 0.6) is 0 Å². The zero-order valence-corrected chi connectivity index (χ0v) is 10.6. The molecule has 0 heterocycles. The Labute approximate surface area is 106 Å². The lowest BCUT2D eigenvalue weighted by atomic mass is 9.98. The number of halogens is 1. The molecular weight excluding hydrogens is 232 g/mol. The summed E-state index contributed by atoms with van der Waals surface area (Å²) in [5.74, 6) is 0.0185. The third-order valence-corrected chi connectivity index (χ3v) is 3.23. The summed E-state index contributed by atoms with van der Waals surface area (Å²) in [6.45, 7) is 3.85. The maximum atomic E-state index is 12.3. The molecule has 0 unspecified atom stereocenters. The number of hydrogen-bond acceptors (Lipinski definition) is 1. The van der Waals surface area contributed by atoms with Crippen molar-refractivity contribution in [1.29, 1.82) is 0 Å². The molecule has 0 spiro atoms. The van der Waals surface area contributed by atoms with Gasteiger partial charge < -0.3 is 0 Å². The van der Waals surface area contributed by atoms with Gasteiger partial charge in [0.1, 0.15) is 0 Å². The van der Waals surface area contributed by atoms with E-state index in [4.69, 9.17) is 11.6 Å². The molecule has 0 aliphatic heterocycles. The van der Waals surface area contributed by atoms with Gasteiger partial charge >= 0.3 is 0 Å². The van der Waals surface area contributed by atoms with Crippen molar-refractivity contribution in [3.63, 3.8) is 0 Å². The fraction of sp³-hybridized carbons (Fsp3) is 0.133. The van der Waals surface area contributed by atoms with E-state index in [1.54, 1.807) is 6.07 Å². The van der Waals surface area contributed by atoms with Gasteiger partial charge in [-0.3, -0.25) is 4.79 Å². The van der Waals surface area contributed by atoms with Crippen molar-refractivity contribution in [3.8, 4) is 0 Å². The Morgan fingerprint density at radius 1 is 1.00 bits per heavy atom. The molecular formula is C15H13ClO. The van der Waals surface area contributed by atoms with E-state index in [1.807, 2.05) is 50.2 Å². The molecule has 0 bridgehead atoms. The summed E-state index contributed by atoms with van der Waals surface area (Å²) >= 11 is 6.03. The first kappa shape index (κ1) is 11.9. The maximum absolute atomic E-state index is 12.3. The molecule has 2 heteroatoms. The van der Waals surface area contributed by atoms with Crippen molar-refractivity contribution in [3.05, 3.63) is 69.7 Å². The van der Waals surface area contributed by atoms with Crippen LogP contribution in [0.4, 0.5) is 0 Å². The highest BCUT2D eigenvalue weighted by molar-refractivity contribution is 6.31. The Bertz CT molecular complexity index is 573. The molecule has 2 rings (SSSR count). The van der Waals surface area contributed by atoms with E-state index in [2.05, 4.69) is 0 Å². The van der Waals surface area contributed by atoms with Crippen LogP contribution in [0.25, 0.3) is 0 Å². The number of aryl methyl sites for hydroxylation is 2. The van der Waals surface area contributed by atoms with Crippen molar-refractivity contribution in [2.75, 3.05) is 0 Å². The van der Waals surface area contributed by atoms with E-state index in [0.29, 0.717) is 10.6 Å². The van der Waals surface area contributed by atoms with Gasteiger partial charge in [-0.15, -0.1) is 0 Å². The van der Waals surface area contributed by atoms with Crippen LogP contribution in [0.2, 0.25) is 5.02 Å². The topological polar surface area (TPSA) is 17.1 Å². The van der Waals surface area contributed by atoms with Gasteiger partial charge in [-0.1, -0.05) is 48.0 Å². The predicted octanol–water partition coefficient (Wildman–Crippen LogP) is 4.19. The molecule has 2 aromatic carbocycles. The molecule has 0 aliphatic rings. The van der Waals surface area contributed by atoms with Crippen molar-refractivity contribution in [2.24, 2.45) is 0 Å². The lowest BCUT2D eigenvalue weighted by Gasteiger charge is -2.06. The summed E-state index contributed by atoms with van der Waals surface area (Å²) in [7, 11) is 0. The molecule has 17 heavy (non-hydrogen) atoms. The Hall–Kier alpha value is -1.60. The van der Waals surface area contributed by atoms with Gasteiger partial charge in [0.2, 0.25) is 0 Å². The minimum atomic E-state index is 0.0185. The number of carbonyl (C=O) groups is 1. The molecule has 0 fully saturated rings. The Balaban J connectivity index is 2.44. The van der Waals surface area contributed by atoms with E-state index in [1.165, 1.54) is 0 Å². The smallest absolute Gasteiger partial charge is 0.193 e. The fourth-order valence-electron chi connectivity index (χ4n) is 1.72. The highest BCUT2D eigenvalue weighted by atomic mass is 35.5. The lowest BCUT2D eigenvalue weighted by molar-refractivity contribution is 0.103. The minimum absolute atomic E-state index is 0.0185. The lowest BCUT2D eigenvalue weighted by Crippen LogP contribution is -2.03. The molecule has 86 valence electrons. The average molecular weight is 245 g/mol. The van der Waals surface area contributed by atoms with Crippen LogP contribution in [0.1, 0.15) is 27.0 Å². The van der Waals surface area contributed by atoms with Gasteiger partial charge in [0.05, 0.1) is 0 Å². The molecule has 0 radical (unpaired) electrons. The second kappa shape index (κ2) is 4.72. The van der Waals surface area contributed by atoms with Gasteiger partial charge in [0, 0.05) is 16.1 Å². The monoisotopic (exact) mass is 244 g/mol. The van der Waals surface area contributed by atoms with Crippen molar-refractivity contribution >= 4 is 17.4 Å². The number of carbonyl (C=O) groups excluding carboxylic acids is 1. The molecule has 0 atom stereocenters. The first-order valence-corrected chi connectivity index (χ1v) is 5.84. The molecule has 0 aliphatic carbocycles. The summed E-state index contributed by atoms with van der Waals surface area (Å²) in [6, 6.07) is 13.0. The largest absolute Gasteiger partial charge is 0.289 e. The van der Waals surface area contributed by atoms with E-state index in [0.717, 1.165) is 16.7 Å². The van der Waals surface area contributed by atoms with Gasteiger partial charge in [-0.05, 0) is 31.0 Å². The van der Waals surface area contributed by atoms with Crippen LogP contribution in [-0.2, 0) is 0 Å². The van der Waals surface area contributed by atoms with Crippen molar-refractivity contribution in [2.45, 2.75) is 13.8 Å². The first-order chi connectivity index (χ1) is 8.09. The molecule has 1 nitrogen and oxygen atoms in total. The Morgan fingerprint density at radius 3 is 2.35 bits per heavy atom. The minimum Gasteiger partial charge on any atom is -0.289 e. The van der Waals surface area contributed by atoms with Gasteiger partial charge in [0.15, 0.2) is 5.78 Å². The zero-order valence-electron chi connectivity index (χ0n) is 9.83. The quantitative estimate of drug-likeness (QED) is 0.724. The fourth-order valence-corrected chi connectivity index (χ4v) is 1.90. The van der Waals surface area contributed by atoms with Crippen LogP contribution >= 0.6 is 11.6 Å². The maximum Gasteiger partial charge on any atom is 0.193 e. The summed E-state index contributed by atoms with van der Waals surface area (Å²) in [5.41, 5.74) is 3.32. The van der Waals surface area contributed by atoms with Gasteiger partial charge in [-0.25, -0.2) is 0 Å². The second-order valence-corrected chi connectivity index (χ2v) is 4.52. The third-order valence-electron chi connectivity index (χ3n) is 2.82. The van der Waals surface area contributed by atoms with Gasteiger partial charge in [0.25, 0.3) is 0 Å². The predicted molar refractivity (Wildman–Crippen MR) is 70.8 cm³/mol. The van der Waals surface area contributed by atoms with Crippen molar-refractivity contribution < 1.29 is 4.79 Å². The third kappa shape index (κ3) is 2.40. The second-order valence-electron chi connectivity index (χ2n) is 4.11. The standard InChI is InChI=1S/C15H13ClO/c1-10-5-3-4-6-13(10)15(17)12-8-7-11(2)14(16)9-12/h3-9H,1-2H3. The molecule has 2 aromatic rings. The molecule has 0 saturated carbocycles. The average Bonchev–Trinajstić information content (AvgIpc) is 2.32. The summed E-state index contributed by atoms with van der Waals surface area (Å²) < 4.78 is 0.